The number of benzene rings is 1. The summed E-state index contributed by atoms with van der Waals surface area (Å²) in [5.74, 6) is -1.53. The summed E-state index contributed by atoms with van der Waals surface area (Å²) in [4.78, 5) is 59.9. The fraction of sp³-hybridized carbons (Fsp3) is 0.321. The predicted octanol–water partition coefficient (Wildman–Crippen LogP) is 4.28. The minimum absolute atomic E-state index is 0.00954. The molecule has 0 saturated carbocycles. The van der Waals surface area contributed by atoms with Gasteiger partial charge in [0.25, 0.3) is 17.2 Å². The normalized spacial score (nSPS) is 11.7. The number of fused-ring (bicyclic) bond motifs is 2. The van der Waals surface area contributed by atoms with E-state index in [0.717, 1.165) is 24.5 Å². The van der Waals surface area contributed by atoms with Crippen LogP contribution in [0.5, 0.6) is 0 Å². The second kappa shape index (κ2) is 11.4. The van der Waals surface area contributed by atoms with Crippen LogP contribution in [0.4, 0.5) is 5.69 Å². The number of nitrogens with zero attached hydrogens (tertiary/aromatic N) is 5. The fourth-order valence-corrected chi connectivity index (χ4v) is 4.40. The highest BCUT2D eigenvalue weighted by Crippen LogP contribution is 2.20. The minimum Gasteiger partial charge on any atom is -0.462 e. The van der Waals surface area contributed by atoms with Gasteiger partial charge < -0.3 is 9.30 Å². The van der Waals surface area contributed by atoms with Gasteiger partial charge in [-0.1, -0.05) is 31.9 Å². The number of carbonyl (C=O) groups is 2. The van der Waals surface area contributed by atoms with E-state index in [2.05, 4.69) is 4.99 Å². The lowest BCUT2D eigenvalue weighted by atomic mass is 10.1. The molecule has 0 N–H and O–H groups in total. The van der Waals surface area contributed by atoms with E-state index < -0.39 is 16.8 Å². The van der Waals surface area contributed by atoms with Crippen LogP contribution in [-0.4, -0.2) is 37.4 Å². The van der Waals surface area contributed by atoms with E-state index in [4.69, 9.17) is 9.72 Å². The Morgan fingerprint density at radius 1 is 1.08 bits per heavy atom. The Morgan fingerprint density at radius 2 is 1.85 bits per heavy atom. The van der Waals surface area contributed by atoms with Gasteiger partial charge in [-0.3, -0.25) is 24.1 Å². The quantitative estimate of drug-likeness (QED) is 0.109. The topological polar surface area (TPSA) is 138 Å². The molecule has 39 heavy (non-hydrogen) atoms. The van der Waals surface area contributed by atoms with Crippen LogP contribution >= 0.6 is 0 Å². The maximum absolute atomic E-state index is 13.5. The predicted molar refractivity (Wildman–Crippen MR) is 145 cm³/mol. The molecule has 1 amide bonds. The van der Waals surface area contributed by atoms with Gasteiger partial charge in [-0.05, 0) is 51.0 Å². The van der Waals surface area contributed by atoms with Crippen LogP contribution < -0.4 is 11.0 Å². The molecule has 0 radical (unpaired) electrons. The molecule has 1 aromatic carbocycles. The van der Waals surface area contributed by atoms with E-state index in [1.54, 1.807) is 30.7 Å². The van der Waals surface area contributed by atoms with E-state index in [-0.39, 0.29) is 45.5 Å². The number of carbonyl (C=O) groups excluding carboxylic acids is 2. The molecule has 0 aliphatic carbocycles. The summed E-state index contributed by atoms with van der Waals surface area (Å²) < 4.78 is 8.27. The van der Waals surface area contributed by atoms with E-state index in [1.807, 2.05) is 19.9 Å². The van der Waals surface area contributed by atoms with Crippen LogP contribution in [0.3, 0.4) is 0 Å². The number of esters is 1. The molecule has 4 rings (SSSR count). The zero-order valence-corrected chi connectivity index (χ0v) is 22.3. The Bertz CT molecular complexity index is 1750. The summed E-state index contributed by atoms with van der Waals surface area (Å²) in [6, 6.07) is 9.01. The van der Waals surface area contributed by atoms with Crippen molar-refractivity contribution in [3.63, 3.8) is 0 Å². The largest absolute Gasteiger partial charge is 0.462 e. The Kier molecular flexibility index (Phi) is 7.99. The number of pyridine rings is 2. The molecule has 0 saturated heterocycles. The van der Waals surface area contributed by atoms with E-state index in [1.165, 1.54) is 22.6 Å². The minimum atomic E-state index is -0.777. The number of nitro groups is 1. The SMILES string of the molecule is CCCCCn1c(=NC(=O)c2ccc(C)c([N+](=O)[O-])c2)c(C(=O)OCC)cc2c(=O)n3cccc(C)c3nc21. The number of rotatable bonds is 8. The number of nitro benzene ring substituents is 1. The molecule has 3 aromatic heterocycles. The number of hydrogen-bond acceptors (Lipinski definition) is 7. The monoisotopic (exact) mass is 531 g/mol. The van der Waals surface area contributed by atoms with Gasteiger partial charge in [-0.2, -0.15) is 4.99 Å². The molecule has 0 aliphatic rings. The van der Waals surface area contributed by atoms with Crippen LogP contribution in [0.1, 0.15) is 65.0 Å². The molecule has 0 unspecified atom stereocenters. The number of ether oxygens (including phenoxy) is 1. The highest BCUT2D eigenvalue weighted by atomic mass is 16.6. The second-order valence-electron chi connectivity index (χ2n) is 9.18. The molecular formula is C28H29N5O6. The Morgan fingerprint density at radius 3 is 2.54 bits per heavy atom. The smallest absolute Gasteiger partial charge is 0.341 e. The van der Waals surface area contributed by atoms with Crippen LogP contribution in [-0.2, 0) is 11.3 Å². The molecule has 0 aliphatic heterocycles. The molecule has 0 bridgehead atoms. The summed E-state index contributed by atoms with van der Waals surface area (Å²) in [5.41, 5.74) is 1.20. The molecule has 11 nitrogen and oxygen atoms in total. The number of hydrogen-bond donors (Lipinski definition) is 0. The summed E-state index contributed by atoms with van der Waals surface area (Å²) >= 11 is 0. The van der Waals surface area contributed by atoms with Crippen LogP contribution in [0, 0.1) is 24.0 Å². The van der Waals surface area contributed by atoms with Crippen molar-refractivity contribution in [1.82, 2.24) is 14.0 Å². The van der Waals surface area contributed by atoms with Gasteiger partial charge in [0.05, 0.1) is 16.9 Å². The van der Waals surface area contributed by atoms with Crippen molar-refractivity contribution in [3.05, 3.63) is 90.8 Å². The van der Waals surface area contributed by atoms with E-state index in [9.17, 15) is 24.5 Å². The van der Waals surface area contributed by atoms with Gasteiger partial charge in [-0.25, -0.2) is 9.78 Å². The van der Waals surface area contributed by atoms with E-state index >= 15 is 0 Å². The van der Waals surface area contributed by atoms with Gasteiger partial charge in [0.1, 0.15) is 16.9 Å². The Hall–Kier alpha value is -4.67. The summed E-state index contributed by atoms with van der Waals surface area (Å²) in [5, 5.41) is 11.6. The summed E-state index contributed by atoms with van der Waals surface area (Å²) in [6.07, 6.45) is 4.03. The number of unbranched alkanes of at least 4 members (excludes halogenated alkanes) is 2. The number of amides is 1. The first kappa shape index (κ1) is 27.4. The third kappa shape index (κ3) is 5.33. The molecule has 11 heteroatoms. The second-order valence-corrected chi connectivity index (χ2v) is 9.18. The Balaban J connectivity index is 2.10. The van der Waals surface area contributed by atoms with Gasteiger partial charge in [0.15, 0.2) is 5.49 Å². The molecule has 4 aromatic rings. The van der Waals surface area contributed by atoms with Crippen LogP contribution in [0.2, 0.25) is 0 Å². The molecule has 202 valence electrons. The van der Waals surface area contributed by atoms with Crippen molar-refractivity contribution in [2.75, 3.05) is 6.61 Å². The number of aromatic nitrogens is 3. The van der Waals surface area contributed by atoms with Crippen molar-refractivity contribution >= 4 is 34.2 Å². The lowest BCUT2D eigenvalue weighted by Crippen LogP contribution is -2.33. The van der Waals surface area contributed by atoms with Crippen LogP contribution in [0.15, 0.2) is 52.4 Å². The standard InChI is InChI=1S/C28H29N5O6/c1-5-7-8-13-31-24-20(27(35)32-14-9-10-18(4)23(32)29-24)16-21(28(36)39-6-2)25(31)30-26(34)19-12-11-17(3)22(15-19)33(37)38/h9-12,14-16H,5-8,13H2,1-4H3. The third-order valence-electron chi connectivity index (χ3n) is 6.45. The van der Waals surface area contributed by atoms with E-state index in [0.29, 0.717) is 24.2 Å². The highest BCUT2D eigenvalue weighted by Gasteiger charge is 2.21. The molecule has 0 atom stereocenters. The van der Waals surface area contributed by atoms with Crippen molar-refractivity contribution in [2.45, 2.75) is 53.5 Å². The average Bonchev–Trinajstić information content (AvgIpc) is 2.90. The van der Waals surface area contributed by atoms with Crippen molar-refractivity contribution in [2.24, 2.45) is 4.99 Å². The maximum atomic E-state index is 13.5. The van der Waals surface area contributed by atoms with Crippen molar-refractivity contribution in [3.8, 4) is 0 Å². The number of aryl methyl sites for hydroxylation is 3. The first-order valence-electron chi connectivity index (χ1n) is 12.7. The lowest BCUT2D eigenvalue weighted by Gasteiger charge is -2.15. The third-order valence-corrected chi connectivity index (χ3v) is 6.45. The molecular weight excluding hydrogens is 502 g/mol. The summed E-state index contributed by atoms with van der Waals surface area (Å²) in [6.45, 7) is 7.49. The van der Waals surface area contributed by atoms with Gasteiger partial charge >= 0.3 is 5.97 Å². The average molecular weight is 532 g/mol. The maximum Gasteiger partial charge on any atom is 0.341 e. The first-order chi connectivity index (χ1) is 18.7. The fourth-order valence-electron chi connectivity index (χ4n) is 4.40. The first-order valence-corrected chi connectivity index (χ1v) is 12.7. The van der Waals surface area contributed by atoms with Gasteiger partial charge in [0.2, 0.25) is 0 Å². The molecule has 0 spiro atoms. The lowest BCUT2D eigenvalue weighted by molar-refractivity contribution is -0.385. The van der Waals surface area contributed by atoms with Crippen molar-refractivity contribution in [1.29, 1.82) is 0 Å². The summed E-state index contributed by atoms with van der Waals surface area (Å²) in [7, 11) is 0. The molecule has 3 heterocycles. The molecule has 0 fully saturated rings. The van der Waals surface area contributed by atoms with Crippen LogP contribution in [0.25, 0.3) is 16.7 Å². The van der Waals surface area contributed by atoms with Gasteiger partial charge in [-0.15, -0.1) is 0 Å². The van der Waals surface area contributed by atoms with Gasteiger partial charge in [0, 0.05) is 29.9 Å². The Labute approximate surface area is 223 Å². The highest BCUT2D eigenvalue weighted by molar-refractivity contribution is 5.97. The zero-order chi connectivity index (χ0) is 28.3. The van der Waals surface area contributed by atoms with Crippen molar-refractivity contribution < 1.29 is 19.2 Å². The zero-order valence-electron chi connectivity index (χ0n) is 22.3.